The number of nitrogens with zero attached hydrogens (tertiary/aromatic N) is 5. The molecule has 0 aromatic carbocycles. The van der Waals surface area contributed by atoms with E-state index in [4.69, 9.17) is 10.2 Å². The molecule has 0 bridgehead atoms. The van der Waals surface area contributed by atoms with E-state index < -0.39 is 10.8 Å². The summed E-state index contributed by atoms with van der Waals surface area (Å²) in [5.74, 6) is 1.13. The summed E-state index contributed by atoms with van der Waals surface area (Å²) < 4.78 is 16.7. The summed E-state index contributed by atoms with van der Waals surface area (Å²) in [7, 11) is -1.18. The van der Waals surface area contributed by atoms with Gasteiger partial charge in [-0.3, -0.25) is 9.19 Å². The standard InChI is InChI=1S/C20H23N5OS2/c1-7-28(26)19-18-13(4)11(2)12(3)14(5)25(18)23-20(19)24-10-17-16(22-24)8-15(27-6)9-21-17/h8-10H,7H2,1-6H3. The molecule has 4 aromatic heterocycles. The van der Waals surface area contributed by atoms with Gasteiger partial charge in [0.1, 0.15) is 15.9 Å². The van der Waals surface area contributed by atoms with E-state index in [1.807, 2.05) is 36.2 Å². The molecule has 0 aliphatic heterocycles. The van der Waals surface area contributed by atoms with Crippen LogP contribution in [0.1, 0.15) is 29.3 Å². The van der Waals surface area contributed by atoms with E-state index in [9.17, 15) is 4.21 Å². The topological polar surface area (TPSA) is 65.1 Å². The van der Waals surface area contributed by atoms with Gasteiger partial charge in [0.05, 0.1) is 22.5 Å². The second kappa shape index (κ2) is 7.00. The molecule has 0 N–H and O–H groups in total. The first kappa shape index (κ1) is 19.1. The van der Waals surface area contributed by atoms with Gasteiger partial charge in [-0.2, -0.15) is 5.10 Å². The molecule has 4 rings (SSSR count). The maximum atomic E-state index is 13.1. The highest BCUT2D eigenvalue weighted by Crippen LogP contribution is 2.31. The Kier molecular flexibility index (Phi) is 4.79. The van der Waals surface area contributed by atoms with Crippen LogP contribution >= 0.6 is 11.8 Å². The van der Waals surface area contributed by atoms with E-state index in [2.05, 4.69) is 32.7 Å². The zero-order valence-electron chi connectivity index (χ0n) is 16.9. The van der Waals surface area contributed by atoms with Crippen LogP contribution in [0.25, 0.3) is 22.4 Å². The maximum Gasteiger partial charge on any atom is 0.192 e. The molecule has 6 nitrogen and oxygen atoms in total. The van der Waals surface area contributed by atoms with Crippen LogP contribution in [0.15, 0.2) is 28.3 Å². The Hall–Kier alpha value is -2.19. The Morgan fingerprint density at radius 3 is 2.50 bits per heavy atom. The number of pyridine rings is 2. The van der Waals surface area contributed by atoms with Gasteiger partial charge < -0.3 is 0 Å². The van der Waals surface area contributed by atoms with Crippen molar-refractivity contribution in [3.05, 3.63) is 40.8 Å². The van der Waals surface area contributed by atoms with Crippen molar-refractivity contribution in [3.8, 4) is 5.82 Å². The van der Waals surface area contributed by atoms with E-state index in [1.54, 1.807) is 16.4 Å². The molecule has 0 saturated carbocycles. The van der Waals surface area contributed by atoms with Crippen LogP contribution in [-0.4, -0.2) is 40.6 Å². The quantitative estimate of drug-likeness (QED) is 0.470. The summed E-state index contributed by atoms with van der Waals surface area (Å²) in [5.41, 5.74) is 7.10. The molecule has 1 atom stereocenters. The van der Waals surface area contributed by atoms with Crippen molar-refractivity contribution < 1.29 is 4.21 Å². The van der Waals surface area contributed by atoms with E-state index >= 15 is 0 Å². The number of rotatable bonds is 4. The molecule has 0 fully saturated rings. The molecular formula is C20H23N5OS2. The predicted octanol–water partition coefficient (Wildman–Crippen LogP) is 4.15. The molecule has 4 aromatic rings. The van der Waals surface area contributed by atoms with Gasteiger partial charge in [-0.05, 0) is 56.7 Å². The van der Waals surface area contributed by atoms with Crippen molar-refractivity contribution in [2.24, 2.45) is 0 Å². The highest BCUT2D eigenvalue weighted by Gasteiger charge is 2.24. The normalized spacial score (nSPS) is 12.9. The average molecular weight is 414 g/mol. The van der Waals surface area contributed by atoms with Crippen LogP contribution < -0.4 is 0 Å². The fourth-order valence-corrected chi connectivity index (χ4v) is 4.93. The highest BCUT2D eigenvalue weighted by atomic mass is 32.2. The van der Waals surface area contributed by atoms with Crippen LogP contribution in [0, 0.1) is 27.7 Å². The molecule has 1 unspecified atom stereocenters. The molecule has 0 aliphatic rings. The lowest BCUT2D eigenvalue weighted by Gasteiger charge is -2.12. The number of aromatic nitrogens is 5. The molecule has 4 heterocycles. The lowest BCUT2D eigenvalue weighted by atomic mass is 10.0. The first-order chi connectivity index (χ1) is 13.4. The monoisotopic (exact) mass is 413 g/mol. The molecular weight excluding hydrogens is 390 g/mol. The summed E-state index contributed by atoms with van der Waals surface area (Å²) in [6.45, 7) is 10.3. The summed E-state index contributed by atoms with van der Waals surface area (Å²) in [5, 5.41) is 9.54. The van der Waals surface area contributed by atoms with E-state index in [0.29, 0.717) is 11.6 Å². The van der Waals surface area contributed by atoms with Crippen molar-refractivity contribution in [2.45, 2.75) is 44.4 Å². The summed E-state index contributed by atoms with van der Waals surface area (Å²) in [6.07, 6.45) is 5.72. The summed E-state index contributed by atoms with van der Waals surface area (Å²) in [6, 6.07) is 2.01. The van der Waals surface area contributed by atoms with Crippen LogP contribution in [0.5, 0.6) is 0 Å². The van der Waals surface area contributed by atoms with Gasteiger partial charge in [0.2, 0.25) is 0 Å². The summed E-state index contributed by atoms with van der Waals surface area (Å²) in [4.78, 5) is 6.29. The predicted molar refractivity (Wildman–Crippen MR) is 115 cm³/mol. The van der Waals surface area contributed by atoms with Gasteiger partial charge >= 0.3 is 0 Å². The van der Waals surface area contributed by atoms with E-state index in [-0.39, 0.29) is 0 Å². The van der Waals surface area contributed by atoms with Crippen molar-refractivity contribution in [1.29, 1.82) is 0 Å². The zero-order valence-corrected chi connectivity index (χ0v) is 18.5. The molecule has 0 aliphatic carbocycles. The molecule has 0 saturated heterocycles. The molecule has 8 heteroatoms. The largest absolute Gasteiger partial charge is 0.254 e. The van der Waals surface area contributed by atoms with E-state index in [1.165, 1.54) is 11.1 Å². The first-order valence-electron chi connectivity index (χ1n) is 9.14. The van der Waals surface area contributed by atoms with Crippen molar-refractivity contribution in [3.63, 3.8) is 0 Å². The molecule has 146 valence electrons. The van der Waals surface area contributed by atoms with Crippen LogP contribution in [0.4, 0.5) is 0 Å². The fraction of sp³-hybridized carbons (Fsp3) is 0.350. The van der Waals surface area contributed by atoms with Crippen LogP contribution in [0.3, 0.4) is 0 Å². The zero-order chi connectivity index (χ0) is 20.2. The van der Waals surface area contributed by atoms with Gasteiger partial charge in [0.15, 0.2) is 5.82 Å². The number of fused-ring (bicyclic) bond motifs is 2. The maximum absolute atomic E-state index is 13.1. The van der Waals surface area contributed by atoms with Crippen molar-refractivity contribution in [2.75, 3.05) is 12.0 Å². The minimum atomic E-state index is -1.18. The smallest absolute Gasteiger partial charge is 0.192 e. The average Bonchev–Trinajstić information content (AvgIpc) is 3.30. The second-order valence-electron chi connectivity index (χ2n) is 6.86. The Morgan fingerprint density at radius 2 is 1.82 bits per heavy atom. The molecule has 0 spiro atoms. The third kappa shape index (κ3) is 2.78. The van der Waals surface area contributed by atoms with Crippen molar-refractivity contribution in [1.82, 2.24) is 24.4 Å². The summed E-state index contributed by atoms with van der Waals surface area (Å²) >= 11 is 1.63. The molecule has 28 heavy (non-hydrogen) atoms. The number of hydrogen-bond acceptors (Lipinski definition) is 5. The lowest BCUT2D eigenvalue weighted by Crippen LogP contribution is -2.04. The first-order valence-corrected chi connectivity index (χ1v) is 11.7. The second-order valence-corrected chi connectivity index (χ2v) is 9.42. The minimum absolute atomic E-state index is 0.523. The number of aryl methyl sites for hydroxylation is 2. The van der Waals surface area contributed by atoms with Crippen molar-refractivity contribution >= 4 is 39.1 Å². The van der Waals surface area contributed by atoms with Gasteiger partial charge in [-0.15, -0.1) is 16.9 Å². The Bertz CT molecular complexity index is 1260. The van der Waals surface area contributed by atoms with Gasteiger partial charge in [0.25, 0.3) is 0 Å². The third-order valence-electron chi connectivity index (χ3n) is 5.44. The van der Waals surface area contributed by atoms with Crippen LogP contribution in [-0.2, 0) is 10.8 Å². The Labute approximate surface area is 170 Å². The SMILES string of the molecule is CCS(=O)c1c(-n2cc3ncc(SC)cc3n2)nn2c(C)c(C)c(C)c(C)c12. The molecule has 0 amide bonds. The highest BCUT2D eigenvalue weighted by molar-refractivity contribution is 7.98. The fourth-order valence-electron chi connectivity index (χ4n) is 3.46. The van der Waals surface area contributed by atoms with Crippen LogP contribution in [0.2, 0.25) is 0 Å². The van der Waals surface area contributed by atoms with Gasteiger partial charge in [-0.25, -0.2) is 9.20 Å². The Morgan fingerprint density at radius 1 is 1.07 bits per heavy atom. The minimum Gasteiger partial charge on any atom is -0.254 e. The lowest BCUT2D eigenvalue weighted by molar-refractivity contribution is 0.683. The number of hydrogen-bond donors (Lipinski definition) is 0. The van der Waals surface area contributed by atoms with Gasteiger partial charge in [0, 0.05) is 22.5 Å². The third-order valence-corrected chi connectivity index (χ3v) is 7.49. The van der Waals surface area contributed by atoms with Gasteiger partial charge in [-0.1, -0.05) is 6.92 Å². The van der Waals surface area contributed by atoms with E-state index in [0.717, 1.165) is 37.6 Å². The molecule has 0 radical (unpaired) electrons. The number of thioether (sulfide) groups is 1. The Balaban J connectivity index is 2.08.